The minimum absolute atomic E-state index is 0.00369. The van der Waals surface area contributed by atoms with Gasteiger partial charge < -0.3 is 19.7 Å². The number of nitrogens with zero attached hydrogens (tertiary/aromatic N) is 1. The Kier molecular flexibility index (Phi) is 5.19. The summed E-state index contributed by atoms with van der Waals surface area (Å²) in [5.74, 6) is 1.40. The SMILES string of the molecule is CC(=O)Nc1ccc(C(=O)N2CCC[C@H]2c2ccc3c(c2)OCCCO3)cc1. The van der Waals surface area contributed by atoms with Gasteiger partial charge in [0.2, 0.25) is 5.91 Å². The van der Waals surface area contributed by atoms with Crippen LogP contribution in [0, 0.1) is 0 Å². The number of anilines is 1. The van der Waals surface area contributed by atoms with E-state index in [1.54, 1.807) is 24.3 Å². The molecule has 1 saturated heterocycles. The summed E-state index contributed by atoms with van der Waals surface area (Å²) in [5.41, 5.74) is 2.38. The van der Waals surface area contributed by atoms with Crippen LogP contribution in [0.25, 0.3) is 0 Å². The normalized spacial score (nSPS) is 18.5. The molecule has 6 heteroatoms. The molecule has 0 bridgehead atoms. The first-order valence-electron chi connectivity index (χ1n) is 9.70. The number of carbonyl (C=O) groups excluding carboxylic acids is 2. The van der Waals surface area contributed by atoms with Crippen LogP contribution in [0.5, 0.6) is 11.5 Å². The second-order valence-corrected chi connectivity index (χ2v) is 7.17. The third kappa shape index (κ3) is 3.81. The third-order valence-electron chi connectivity index (χ3n) is 5.12. The molecule has 6 nitrogen and oxygen atoms in total. The van der Waals surface area contributed by atoms with E-state index in [0.717, 1.165) is 42.9 Å². The predicted octanol–water partition coefficient (Wildman–Crippen LogP) is 3.78. The Morgan fingerprint density at radius 2 is 1.75 bits per heavy atom. The molecule has 0 aliphatic carbocycles. The van der Waals surface area contributed by atoms with Gasteiger partial charge in [-0.25, -0.2) is 0 Å². The molecule has 2 heterocycles. The number of likely N-dealkylation sites (tertiary alicyclic amines) is 1. The fourth-order valence-electron chi connectivity index (χ4n) is 3.81. The topological polar surface area (TPSA) is 67.9 Å². The monoisotopic (exact) mass is 380 g/mol. The summed E-state index contributed by atoms with van der Waals surface area (Å²) in [6.07, 6.45) is 2.76. The molecule has 0 unspecified atom stereocenters. The zero-order valence-electron chi connectivity index (χ0n) is 15.9. The molecule has 2 aromatic carbocycles. The van der Waals surface area contributed by atoms with E-state index in [4.69, 9.17) is 9.47 Å². The highest BCUT2D eigenvalue weighted by molar-refractivity contribution is 5.96. The van der Waals surface area contributed by atoms with Crippen LogP contribution < -0.4 is 14.8 Å². The van der Waals surface area contributed by atoms with Gasteiger partial charge in [0.1, 0.15) is 0 Å². The van der Waals surface area contributed by atoms with Crippen LogP contribution in [-0.2, 0) is 4.79 Å². The molecule has 0 spiro atoms. The van der Waals surface area contributed by atoms with Gasteiger partial charge in [0.25, 0.3) is 5.91 Å². The summed E-state index contributed by atoms with van der Waals surface area (Å²) in [6.45, 7) is 3.49. The van der Waals surface area contributed by atoms with Crippen LogP contribution in [0.3, 0.4) is 0 Å². The summed E-state index contributed by atoms with van der Waals surface area (Å²) in [4.78, 5) is 26.2. The average Bonchev–Trinajstić information content (AvgIpc) is 3.06. The van der Waals surface area contributed by atoms with Gasteiger partial charge in [0, 0.05) is 31.1 Å². The zero-order chi connectivity index (χ0) is 19.5. The number of amides is 2. The zero-order valence-corrected chi connectivity index (χ0v) is 15.9. The fraction of sp³-hybridized carbons (Fsp3) is 0.364. The third-order valence-corrected chi connectivity index (χ3v) is 5.12. The van der Waals surface area contributed by atoms with Crippen molar-refractivity contribution in [3.05, 3.63) is 53.6 Å². The molecule has 0 aromatic heterocycles. The van der Waals surface area contributed by atoms with Crippen molar-refractivity contribution < 1.29 is 19.1 Å². The van der Waals surface area contributed by atoms with E-state index in [-0.39, 0.29) is 17.9 Å². The molecule has 1 fully saturated rings. The fourth-order valence-corrected chi connectivity index (χ4v) is 3.81. The summed E-state index contributed by atoms with van der Waals surface area (Å²) < 4.78 is 11.5. The lowest BCUT2D eigenvalue weighted by Gasteiger charge is -2.26. The Labute approximate surface area is 164 Å². The van der Waals surface area contributed by atoms with Crippen molar-refractivity contribution in [2.24, 2.45) is 0 Å². The first kappa shape index (κ1) is 18.3. The van der Waals surface area contributed by atoms with E-state index in [1.807, 2.05) is 23.1 Å². The Morgan fingerprint density at radius 1 is 1.00 bits per heavy atom. The highest BCUT2D eigenvalue weighted by Crippen LogP contribution is 2.38. The molecule has 4 rings (SSSR count). The van der Waals surface area contributed by atoms with E-state index < -0.39 is 0 Å². The maximum Gasteiger partial charge on any atom is 0.254 e. The van der Waals surface area contributed by atoms with Crippen molar-refractivity contribution in [1.29, 1.82) is 0 Å². The lowest BCUT2D eigenvalue weighted by molar-refractivity contribution is -0.114. The van der Waals surface area contributed by atoms with Crippen LogP contribution in [0.2, 0.25) is 0 Å². The van der Waals surface area contributed by atoms with Crippen molar-refractivity contribution in [2.45, 2.75) is 32.2 Å². The van der Waals surface area contributed by atoms with Gasteiger partial charge in [-0.1, -0.05) is 6.07 Å². The molecule has 28 heavy (non-hydrogen) atoms. The molecular formula is C22H24N2O4. The second kappa shape index (κ2) is 7.92. The number of nitrogens with one attached hydrogen (secondary N) is 1. The molecule has 0 saturated carbocycles. The van der Waals surface area contributed by atoms with Crippen LogP contribution in [0.15, 0.2) is 42.5 Å². The van der Waals surface area contributed by atoms with E-state index in [0.29, 0.717) is 24.5 Å². The molecule has 2 aliphatic rings. The van der Waals surface area contributed by atoms with Gasteiger partial charge in [-0.15, -0.1) is 0 Å². The minimum atomic E-state index is -0.131. The van der Waals surface area contributed by atoms with E-state index >= 15 is 0 Å². The number of fused-ring (bicyclic) bond motifs is 1. The summed E-state index contributed by atoms with van der Waals surface area (Å²) in [7, 11) is 0. The summed E-state index contributed by atoms with van der Waals surface area (Å²) in [5, 5.41) is 2.72. The van der Waals surface area contributed by atoms with Crippen molar-refractivity contribution >= 4 is 17.5 Å². The van der Waals surface area contributed by atoms with Gasteiger partial charge in [-0.3, -0.25) is 9.59 Å². The molecule has 1 N–H and O–H groups in total. The molecule has 1 atom stereocenters. The average molecular weight is 380 g/mol. The second-order valence-electron chi connectivity index (χ2n) is 7.17. The predicted molar refractivity (Wildman–Crippen MR) is 106 cm³/mol. The van der Waals surface area contributed by atoms with Crippen LogP contribution in [0.4, 0.5) is 5.69 Å². The minimum Gasteiger partial charge on any atom is -0.490 e. The van der Waals surface area contributed by atoms with E-state index in [2.05, 4.69) is 5.32 Å². The number of carbonyl (C=O) groups is 2. The van der Waals surface area contributed by atoms with Crippen molar-refractivity contribution in [1.82, 2.24) is 4.90 Å². The van der Waals surface area contributed by atoms with Crippen LogP contribution in [0.1, 0.15) is 48.1 Å². The van der Waals surface area contributed by atoms with E-state index in [9.17, 15) is 9.59 Å². The molecule has 0 radical (unpaired) electrons. The lowest BCUT2D eigenvalue weighted by atomic mass is 10.0. The number of hydrogen-bond donors (Lipinski definition) is 1. The molecule has 2 aliphatic heterocycles. The van der Waals surface area contributed by atoms with Gasteiger partial charge in [0.05, 0.1) is 19.3 Å². The Morgan fingerprint density at radius 3 is 2.50 bits per heavy atom. The van der Waals surface area contributed by atoms with Gasteiger partial charge in [-0.05, 0) is 54.8 Å². The molecule has 2 amide bonds. The standard InChI is InChI=1S/C22H24N2O4/c1-15(25)23-18-8-5-16(6-9-18)22(26)24-11-2-4-19(24)17-7-10-20-21(14-17)28-13-3-12-27-20/h5-10,14,19H,2-4,11-13H2,1H3,(H,23,25)/t19-/m0/s1. The van der Waals surface area contributed by atoms with Gasteiger partial charge >= 0.3 is 0 Å². The quantitative estimate of drug-likeness (QED) is 0.880. The van der Waals surface area contributed by atoms with Crippen molar-refractivity contribution in [2.75, 3.05) is 25.1 Å². The van der Waals surface area contributed by atoms with Gasteiger partial charge in [-0.2, -0.15) is 0 Å². The molecular weight excluding hydrogens is 356 g/mol. The molecule has 146 valence electrons. The highest BCUT2D eigenvalue weighted by atomic mass is 16.5. The number of rotatable bonds is 3. The number of benzene rings is 2. The first-order chi connectivity index (χ1) is 13.6. The highest BCUT2D eigenvalue weighted by Gasteiger charge is 2.31. The maximum atomic E-state index is 13.1. The number of hydrogen-bond acceptors (Lipinski definition) is 4. The van der Waals surface area contributed by atoms with Crippen LogP contribution >= 0.6 is 0 Å². The molecule has 2 aromatic rings. The Hall–Kier alpha value is -3.02. The maximum absolute atomic E-state index is 13.1. The number of ether oxygens (including phenoxy) is 2. The Balaban J connectivity index is 1.54. The Bertz CT molecular complexity index is 879. The lowest BCUT2D eigenvalue weighted by Crippen LogP contribution is -2.30. The summed E-state index contributed by atoms with van der Waals surface area (Å²) in [6, 6.07) is 13.0. The van der Waals surface area contributed by atoms with Crippen molar-refractivity contribution in [3.63, 3.8) is 0 Å². The summed E-state index contributed by atoms with van der Waals surface area (Å²) >= 11 is 0. The first-order valence-corrected chi connectivity index (χ1v) is 9.70. The van der Waals surface area contributed by atoms with Crippen molar-refractivity contribution in [3.8, 4) is 11.5 Å². The van der Waals surface area contributed by atoms with E-state index in [1.165, 1.54) is 6.92 Å². The van der Waals surface area contributed by atoms with Gasteiger partial charge in [0.15, 0.2) is 11.5 Å². The smallest absolute Gasteiger partial charge is 0.254 e. The largest absolute Gasteiger partial charge is 0.490 e. The van der Waals surface area contributed by atoms with Crippen LogP contribution in [-0.4, -0.2) is 36.5 Å².